The molecule has 6 aromatic rings. The molecule has 0 heteroatoms. The molecular weight excluding hydrogens is 432 g/mol. The molecule has 6 aromatic carbocycles. The molecule has 0 saturated carbocycles. The molecule has 0 fully saturated rings. The fraction of sp³-hybridized carbons (Fsp3) is 0.111. The summed E-state index contributed by atoms with van der Waals surface area (Å²) in [6, 6.07) is 40.4. The lowest BCUT2D eigenvalue weighted by molar-refractivity contribution is 1.11. The Morgan fingerprint density at radius 2 is 0.972 bits per heavy atom. The van der Waals surface area contributed by atoms with Crippen molar-refractivity contribution in [1.29, 1.82) is 0 Å². The Morgan fingerprint density at radius 1 is 0.417 bits per heavy atom. The van der Waals surface area contributed by atoms with Crippen LogP contribution >= 0.6 is 0 Å². The Morgan fingerprint density at radius 3 is 1.61 bits per heavy atom. The topological polar surface area (TPSA) is 0 Å². The van der Waals surface area contributed by atoms with Crippen LogP contribution in [0.3, 0.4) is 0 Å². The number of hydrogen-bond acceptors (Lipinski definition) is 0. The van der Waals surface area contributed by atoms with Gasteiger partial charge in [-0.3, -0.25) is 0 Å². The van der Waals surface area contributed by atoms with Crippen LogP contribution in [0.4, 0.5) is 0 Å². The molecule has 1 aliphatic rings. The van der Waals surface area contributed by atoms with Crippen LogP contribution in [0.5, 0.6) is 0 Å². The van der Waals surface area contributed by atoms with E-state index in [0.717, 1.165) is 12.8 Å². The van der Waals surface area contributed by atoms with Gasteiger partial charge in [-0.1, -0.05) is 117 Å². The molecule has 0 aliphatic heterocycles. The minimum absolute atomic E-state index is 0.985. The summed E-state index contributed by atoms with van der Waals surface area (Å²) in [5.74, 6) is 0. The molecule has 1 aliphatic carbocycles. The highest BCUT2D eigenvalue weighted by molar-refractivity contribution is 6.19. The van der Waals surface area contributed by atoms with E-state index in [-0.39, 0.29) is 0 Å². The van der Waals surface area contributed by atoms with Gasteiger partial charge < -0.3 is 0 Å². The Kier molecular flexibility index (Phi) is 4.82. The van der Waals surface area contributed by atoms with Crippen LogP contribution in [0.1, 0.15) is 25.0 Å². The second-order valence-corrected chi connectivity index (χ2v) is 9.80. The lowest BCUT2D eigenvalue weighted by Crippen LogP contribution is -2.02. The smallest absolute Gasteiger partial charge is 0.00262 e. The summed E-state index contributed by atoms with van der Waals surface area (Å²) in [5.41, 5.74) is 14.0. The predicted molar refractivity (Wildman–Crippen MR) is 156 cm³/mol. The first-order valence-corrected chi connectivity index (χ1v) is 13.1. The van der Waals surface area contributed by atoms with Crippen LogP contribution in [-0.4, -0.2) is 0 Å². The van der Waals surface area contributed by atoms with Crippen molar-refractivity contribution >= 4 is 21.5 Å². The van der Waals surface area contributed by atoms with Gasteiger partial charge in [-0.25, -0.2) is 0 Å². The van der Waals surface area contributed by atoms with Crippen LogP contribution in [0.15, 0.2) is 109 Å². The summed E-state index contributed by atoms with van der Waals surface area (Å²) < 4.78 is 0. The van der Waals surface area contributed by atoms with Gasteiger partial charge in [0.2, 0.25) is 0 Å². The quantitative estimate of drug-likeness (QED) is 0.245. The Balaban J connectivity index is 1.69. The van der Waals surface area contributed by atoms with Crippen molar-refractivity contribution in [3.63, 3.8) is 0 Å². The van der Waals surface area contributed by atoms with Gasteiger partial charge in [0.05, 0.1) is 0 Å². The second-order valence-electron chi connectivity index (χ2n) is 9.80. The van der Waals surface area contributed by atoms with E-state index in [2.05, 4.69) is 123 Å². The van der Waals surface area contributed by atoms with Crippen molar-refractivity contribution in [1.82, 2.24) is 0 Å². The Labute approximate surface area is 212 Å². The van der Waals surface area contributed by atoms with Crippen LogP contribution in [0.25, 0.3) is 66.1 Å². The van der Waals surface area contributed by atoms with Crippen LogP contribution < -0.4 is 0 Å². The summed E-state index contributed by atoms with van der Waals surface area (Å²) >= 11 is 0. The molecule has 0 aromatic heterocycles. The molecule has 0 nitrogen and oxygen atoms in total. The first kappa shape index (κ1) is 21.1. The molecule has 36 heavy (non-hydrogen) atoms. The van der Waals surface area contributed by atoms with E-state index in [1.165, 1.54) is 77.2 Å². The Bertz CT molecular complexity index is 1780. The lowest BCUT2D eigenvalue weighted by Gasteiger charge is -2.25. The van der Waals surface area contributed by atoms with Gasteiger partial charge in [-0.2, -0.15) is 0 Å². The van der Waals surface area contributed by atoms with Crippen molar-refractivity contribution in [2.24, 2.45) is 0 Å². The molecule has 0 unspecified atom stereocenters. The zero-order valence-electron chi connectivity index (χ0n) is 20.8. The highest BCUT2D eigenvalue weighted by Crippen LogP contribution is 2.55. The molecule has 0 amide bonds. The molecule has 0 heterocycles. The molecule has 0 spiro atoms. The standard InChI is InChI=1S/C36H28/c1-3-28-33(25-13-6-5-7-14-25)34(27-21-20-23-12-8-9-15-26(23)22-27)29(4-2)36-31-19-11-17-24-16-10-18-30(32(24)31)35(28)36/h5-22H,3-4H2,1-2H3. The molecule has 0 radical (unpaired) electrons. The minimum atomic E-state index is 0.985. The van der Waals surface area contributed by atoms with Gasteiger partial charge in [0.25, 0.3) is 0 Å². The average molecular weight is 461 g/mol. The van der Waals surface area contributed by atoms with Crippen molar-refractivity contribution in [3.8, 4) is 44.5 Å². The molecule has 0 bridgehead atoms. The van der Waals surface area contributed by atoms with Crippen molar-refractivity contribution in [3.05, 3.63) is 120 Å². The third-order valence-corrected chi connectivity index (χ3v) is 7.96. The van der Waals surface area contributed by atoms with E-state index in [9.17, 15) is 0 Å². The van der Waals surface area contributed by atoms with Crippen molar-refractivity contribution < 1.29 is 0 Å². The van der Waals surface area contributed by atoms with Crippen molar-refractivity contribution in [2.45, 2.75) is 26.7 Å². The normalized spacial score (nSPS) is 11.8. The fourth-order valence-corrected chi connectivity index (χ4v) is 6.50. The lowest BCUT2D eigenvalue weighted by atomic mass is 9.78. The maximum absolute atomic E-state index is 2.39. The van der Waals surface area contributed by atoms with E-state index in [1.807, 2.05) is 0 Å². The third-order valence-electron chi connectivity index (χ3n) is 7.96. The summed E-state index contributed by atoms with van der Waals surface area (Å²) in [5, 5.41) is 5.32. The number of hydrogen-bond donors (Lipinski definition) is 0. The Hall–Kier alpha value is -4.16. The van der Waals surface area contributed by atoms with Crippen molar-refractivity contribution in [2.75, 3.05) is 0 Å². The molecule has 7 rings (SSSR count). The summed E-state index contributed by atoms with van der Waals surface area (Å²) in [6.07, 6.45) is 1.97. The van der Waals surface area contributed by atoms with Gasteiger partial charge >= 0.3 is 0 Å². The van der Waals surface area contributed by atoms with E-state index in [1.54, 1.807) is 0 Å². The summed E-state index contributed by atoms with van der Waals surface area (Å²) in [6.45, 7) is 4.64. The first-order valence-electron chi connectivity index (χ1n) is 13.1. The molecule has 172 valence electrons. The summed E-state index contributed by atoms with van der Waals surface area (Å²) in [4.78, 5) is 0. The van der Waals surface area contributed by atoms with Gasteiger partial charge in [0.1, 0.15) is 0 Å². The second kappa shape index (κ2) is 8.21. The van der Waals surface area contributed by atoms with E-state index in [0.29, 0.717) is 0 Å². The molecule has 0 saturated heterocycles. The number of rotatable bonds is 4. The predicted octanol–water partition coefficient (Wildman–Crippen LogP) is 10.1. The van der Waals surface area contributed by atoms with Gasteiger partial charge in [0, 0.05) is 0 Å². The third kappa shape index (κ3) is 2.94. The van der Waals surface area contributed by atoms with Gasteiger partial charge in [0.15, 0.2) is 0 Å². The minimum Gasteiger partial charge on any atom is -0.0622 e. The van der Waals surface area contributed by atoms with E-state index >= 15 is 0 Å². The number of benzene rings is 6. The van der Waals surface area contributed by atoms with Crippen LogP contribution in [-0.2, 0) is 12.8 Å². The highest BCUT2D eigenvalue weighted by Gasteiger charge is 2.31. The van der Waals surface area contributed by atoms with Crippen LogP contribution in [0.2, 0.25) is 0 Å². The zero-order valence-corrected chi connectivity index (χ0v) is 20.8. The highest BCUT2D eigenvalue weighted by atomic mass is 14.3. The van der Waals surface area contributed by atoms with E-state index in [4.69, 9.17) is 0 Å². The zero-order chi connectivity index (χ0) is 24.2. The SMILES string of the molecule is CCc1c(-c2ccccc2)c(-c2ccc3ccccc3c2)c(CC)c2c1-c1cccc3cccc-2c13. The summed E-state index contributed by atoms with van der Waals surface area (Å²) in [7, 11) is 0. The molecule has 0 atom stereocenters. The van der Waals surface area contributed by atoms with Crippen LogP contribution in [0, 0.1) is 0 Å². The van der Waals surface area contributed by atoms with E-state index < -0.39 is 0 Å². The van der Waals surface area contributed by atoms with Gasteiger partial charge in [-0.05, 0) is 96.1 Å². The largest absolute Gasteiger partial charge is 0.0622 e. The molecular formula is C36H28. The van der Waals surface area contributed by atoms with Gasteiger partial charge in [-0.15, -0.1) is 0 Å². The molecule has 0 N–H and O–H groups in total. The average Bonchev–Trinajstić information content (AvgIpc) is 3.28. The number of fused-ring (bicyclic) bond motifs is 4. The first-order chi connectivity index (χ1) is 17.8. The maximum atomic E-state index is 2.39. The fourth-order valence-electron chi connectivity index (χ4n) is 6.50. The maximum Gasteiger partial charge on any atom is -0.00262 e. The monoisotopic (exact) mass is 460 g/mol.